The zero-order chi connectivity index (χ0) is 8.15. The van der Waals surface area contributed by atoms with Crippen LogP contribution in [0, 0.1) is 0 Å². The van der Waals surface area contributed by atoms with Gasteiger partial charge in [0.1, 0.15) is 0 Å². The molecule has 0 aromatic heterocycles. The molecule has 0 heterocycles. The maximum Gasteiger partial charge on any atom is 0.308 e. The Morgan fingerprint density at radius 1 is 1.50 bits per heavy atom. The largest absolute Gasteiger partial charge is 0.424 e. The fourth-order valence-electron chi connectivity index (χ4n) is 0.428. The van der Waals surface area contributed by atoms with E-state index in [1.807, 2.05) is 0 Å². The molecule has 0 N–H and O–H groups in total. The zero-order valence-corrected chi connectivity index (χ0v) is 6.14. The molecule has 56 valence electrons. The molecule has 0 bridgehead atoms. The molecular weight excluding hydrogens is 132 g/mol. The van der Waals surface area contributed by atoms with Gasteiger partial charge in [-0.3, -0.25) is 9.59 Å². The minimum absolute atomic E-state index is 0.0741. The van der Waals surface area contributed by atoms with Crippen LogP contribution in [0.2, 0.25) is 0 Å². The molecule has 3 nitrogen and oxygen atoms in total. The highest BCUT2D eigenvalue weighted by molar-refractivity contribution is 5.94. The maximum absolute atomic E-state index is 10.7. The topological polar surface area (TPSA) is 43.4 Å². The third kappa shape index (κ3) is 3.02. The molecule has 0 atom stereocenters. The molecule has 0 aromatic rings. The van der Waals surface area contributed by atoms with Crippen molar-refractivity contribution in [1.29, 1.82) is 0 Å². The van der Waals surface area contributed by atoms with Crippen molar-refractivity contribution in [2.45, 2.75) is 20.3 Å². The number of Topliss-reactive ketones (excluding diaryl/α,β-unsaturated/α-hetero) is 1. The second kappa shape index (κ2) is 3.82. The van der Waals surface area contributed by atoms with E-state index in [0.29, 0.717) is 6.42 Å². The van der Waals surface area contributed by atoms with Crippen molar-refractivity contribution < 1.29 is 14.3 Å². The minimum Gasteiger partial charge on any atom is -0.424 e. The van der Waals surface area contributed by atoms with Crippen LogP contribution in [0.15, 0.2) is 12.3 Å². The molecule has 0 unspecified atom stereocenters. The quantitative estimate of drug-likeness (QED) is 0.336. The minimum atomic E-state index is -0.508. The first-order valence-electron chi connectivity index (χ1n) is 2.98. The lowest BCUT2D eigenvalue weighted by atomic mass is 10.3. The first-order valence-corrected chi connectivity index (χ1v) is 2.98. The molecule has 0 aliphatic rings. The van der Waals surface area contributed by atoms with Crippen molar-refractivity contribution in [3.63, 3.8) is 0 Å². The van der Waals surface area contributed by atoms with Crippen molar-refractivity contribution in [1.82, 2.24) is 0 Å². The van der Waals surface area contributed by atoms with Crippen LogP contribution in [0.3, 0.4) is 0 Å². The number of carbonyl (C=O) groups excluding carboxylic acids is 2. The van der Waals surface area contributed by atoms with E-state index in [1.165, 1.54) is 6.92 Å². The summed E-state index contributed by atoms with van der Waals surface area (Å²) in [7, 11) is 0. The van der Waals surface area contributed by atoms with Crippen LogP contribution in [0.1, 0.15) is 20.3 Å². The average Bonchev–Trinajstić information content (AvgIpc) is 1.85. The molecule has 0 spiro atoms. The van der Waals surface area contributed by atoms with Crippen LogP contribution in [-0.2, 0) is 14.3 Å². The van der Waals surface area contributed by atoms with Gasteiger partial charge in [0.05, 0.1) is 0 Å². The Hall–Kier alpha value is -1.12. The van der Waals surface area contributed by atoms with Crippen molar-refractivity contribution >= 4 is 11.8 Å². The lowest BCUT2D eigenvalue weighted by Crippen LogP contribution is -2.06. The standard InChI is InChI=1S/C7H10O3/c1-4-7(9)5(2)10-6(3)8/h2,4H2,1,3H3. The number of rotatable bonds is 3. The Morgan fingerprint density at radius 3 is 2.30 bits per heavy atom. The highest BCUT2D eigenvalue weighted by atomic mass is 16.5. The molecule has 10 heavy (non-hydrogen) atoms. The van der Waals surface area contributed by atoms with E-state index in [9.17, 15) is 9.59 Å². The zero-order valence-electron chi connectivity index (χ0n) is 6.14. The van der Waals surface area contributed by atoms with Crippen molar-refractivity contribution in [3.05, 3.63) is 12.3 Å². The van der Waals surface area contributed by atoms with Gasteiger partial charge in [-0.25, -0.2) is 0 Å². The van der Waals surface area contributed by atoms with Crippen LogP contribution < -0.4 is 0 Å². The van der Waals surface area contributed by atoms with E-state index in [1.54, 1.807) is 6.92 Å². The van der Waals surface area contributed by atoms with Crippen LogP contribution in [0.4, 0.5) is 0 Å². The summed E-state index contributed by atoms with van der Waals surface area (Å²) < 4.78 is 4.42. The van der Waals surface area contributed by atoms with E-state index < -0.39 is 5.97 Å². The maximum atomic E-state index is 10.7. The molecule has 0 radical (unpaired) electrons. The second-order valence-corrected chi connectivity index (χ2v) is 1.79. The summed E-state index contributed by atoms with van der Waals surface area (Å²) in [5, 5.41) is 0. The molecular formula is C7H10O3. The van der Waals surface area contributed by atoms with E-state index in [2.05, 4.69) is 11.3 Å². The van der Waals surface area contributed by atoms with Gasteiger partial charge in [0.2, 0.25) is 0 Å². The molecule has 0 aromatic carbocycles. The predicted octanol–water partition coefficient (Wildman–Crippen LogP) is 1.04. The fraction of sp³-hybridized carbons (Fsp3) is 0.429. The van der Waals surface area contributed by atoms with Gasteiger partial charge in [0.25, 0.3) is 0 Å². The summed E-state index contributed by atoms with van der Waals surface area (Å²) in [4.78, 5) is 20.9. The van der Waals surface area contributed by atoms with Gasteiger partial charge in [0.15, 0.2) is 11.5 Å². The number of esters is 1. The lowest BCUT2D eigenvalue weighted by Gasteiger charge is -1.99. The van der Waals surface area contributed by atoms with Crippen LogP contribution in [-0.4, -0.2) is 11.8 Å². The fourth-order valence-corrected chi connectivity index (χ4v) is 0.428. The molecule has 0 amide bonds. The predicted molar refractivity (Wildman–Crippen MR) is 36.2 cm³/mol. The number of ketones is 1. The smallest absolute Gasteiger partial charge is 0.308 e. The second-order valence-electron chi connectivity index (χ2n) is 1.79. The summed E-state index contributed by atoms with van der Waals surface area (Å²) in [5.74, 6) is -0.822. The molecule has 0 aliphatic carbocycles. The molecule has 0 saturated carbocycles. The van der Waals surface area contributed by atoms with Crippen LogP contribution in [0.25, 0.3) is 0 Å². The lowest BCUT2D eigenvalue weighted by molar-refractivity contribution is -0.140. The monoisotopic (exact) mass is 142 g/mol. The van der Waals surface area contributed by atoms with Gasteiger partial charge in [-0.1, -0.05) is 13.5 Å². The average molecular weight is 142 g/mol. The van der Waals surface area contributed by atoms with Crippen molar-refractivity contribution in [2.75, 3.05) is 0 Å². The Balaban J connectivity index is 3.86. The van der Waals surface area contributed by atoms with E-state index in [4.69, 9.17) is 0 Å². The number of hydrogen-bond acceptors (Lipinski definition) is 3. The Kier molecular flexibility index (Phi) is 3.39. The van der Waals surface area contributed by atoms with Gasteiger partial charge < -0.3 is 4.74 Å². The first-order chi connectivity index (χ1) is 4.57. The van der Waals surface area contributed by atoms with E-state index >= 15 is 0 Å². The third-order valence-electron chi connectivity index (χ3n) is 0.899. The summed E-state index contributed by atoms with van der Waals surface area (Å²) in [6.45, 7) is 6.18. The first kappa shape index (κ1) is 8.88. The summed E-state index contributed by atoms with van der Waals surface area (Å²) in [5.41, 5.74) is 0. The number of allylic oxidation sites excluding steroid dienone is 1. The highest BCUT2D eigenvalue weighted by Gasteiger charge is 2.06. The molecule has 0 fully saturated rings. The molecule has 0 aliphatic heterocycles. The summed E-state index contributed by atoms with van der Waals surface area (Å²) >= 11 is 0. The van der Waals surface area contributed by atoms with Gasteiger partial charge in [-0.05, 0) is 0 Å². The van der Waals surface area contributed by atoms with Crippen molar-refractivity contribution in [3.8, 4) is 0 Å². The van der Waals surface area contributed by atoms with Gasteiger partial charge in [-0.2, -0.15) is 0 Å². The Bertz CT molecular complexity index is 170. The Morgan fingerprint density at radius 2 is 2.00 bits per heavy atom. The van der Waals surface area contributed by atoms with Crippen molar-refractivity contribution in [2.24, 2.45) is 0 Å². The van der Waals surface area contributed by atoms with Crippen LogP contribution >= 0.6 is 0 Å². The number of carbonyl (C=O) groups is 2. The number of ether oxygens (including phenoxy) is 1. The SMILES string of the molecule is C=C(OC(C)=O)C(=O)CC. The number of hydrogen-bond donors (Lipinski definition) is 0. The Labute approximate surface area is 59.7 Å². The third-order valence-corrected chi connectivity index (χ3v) is 0.899. The van der Waals surface area contributed by atoms with Gasteiger partial charge >= 0.3 is 5.97 Å². The van der Waals surface area contributed by atoms with E-state index in [0.717, 1.165) is 0 Å². The van der Waals surface area contributed by atoms with Gasteiger partial charge in [-0.15, -0.1) is 0 Å². The molecule has 3 heteroatoms. The van der Waals surface area contributed by atoms with Crippen LogP contribution in [0.5, 0.6) is 0 Å². The molecule has 0 saturated heterocycles. The summed E-state index contributed by atoms with van der Waals surface area (Å²) in [6.07, 6.45) is 0.312. The van der Waals surface area contributed by atoms with E-state index in [-0.39, 0.29) is 11.5 Å². The molecule has 0 rings (SSSR count). The van der Waals surface area contributed by atoms with Gasteiger partial charge in [0, 0.05) is 13.3 Å². The normalized spacial score (nSPS) is 8.60. The highest BCUT2D eigenvalue weighted by Crippen LogP contribution is 1.98. The summed E-state index contributed by atoms with van der Waals surface area (Å²) in [6, 6.07) is 0.